The minimum Gasteiger partial charge on any atom is -0.450 e. The molecule has 1 aliphatic heterocycles. The second kappa shape index (κ2) is 8.40. The maximum atomic E-state index is 13.3. The number of ether oxygens (including phenoxy) is 1. The Balaban J connectivity index is 1.64. The summed E-state index contributed by atoms with van der Waals surface area (Å²) in [6.45, 7) is -0.0133. The summed E-state index contributed by atoms with van der Waals surface area (Å²) >= 11 is 0. The second-order valence-electron chi connectivity index (χ2n) is 7.19. The lowest BCUT2D eigenvalue weighted by atomic mass is 10.0. The molecule has 3 aromatic rings. The van der Waals surface area contributed by atoms with E-state index in [2.05, 4.69) is 0 Å². The van der Waals surface area contributed by atoms with Gasteiger partial charge in [0.05, 0.1) is 9.82 Å². The van der Waals surface area contributed by atoms with E-state index in [1.807, 2.05) is 6.07 Å². The molecular formula is C22H18N2O7S. The molecule has 0 saturated heterocycles. The predicted molar refractivity (Wildman–Crippen MR) is 114 cm³/mol. The number of rotatable bonds is 5. The molecule has 0 aromatic heterocycles. The number of carbonyl (C=O) groups is 1. The molecule has 4 rings (SSSR count). The molecule has 0 radical (unpaired) electrons. The number of fused-ring (bicyclic) bond motifs is 1. The molecule has 1 heterocycles. The second-order valence-corrected chi connectivity index (χ2v) is 9.08. The van der Waals surface area contributed by atoms with Crippen LogP contribution in [0.3, 0.4) is 0 Å². The number of non-ortho nitro benzene ring substituents is 1. The fourth-order valence-electron chi connectivity index (χ4n) is 3.66. The molecule has 9 nitrogen and oxygen atoms in total. The van der Waals surface area contributed by atoms with Crippen LogP contribution in [0.1, 0.15) is 11.1 Å². The van der Waals surface area contributed by atoms with Crippen LogP contribution in [0, 0.1) is 10.1 Å². The topological polar surface area (TPSA) is 127 Å². The van der Waals surface area contributed by atoms with Gasteiger partial charge in [-0.05, 0) is 46.5 Å². The zero-order valence-corrected chi connectivity index (χ0v) is 17.4. The van der Waals surface area contributed by atoms with E-state index in [9.17, 15) is 23.3 Å². The van der Waals surface area contributed by atoms with Gasteiger partial charge in [-0.2, -0.15) is 4.31 Å². The molecule has 0 unspecified atom stereocenters. The lowest BCUT2D eigenvalue weighted by Gasteiger charge is -2.34. The van der Waals surface area contributed by atoms with Crippen molar-refractivity contribution in [3.05, 3.63) is 94.0 Å². The Hall–Kier alpha value is -3.76. The molecule has 0 spiro atoms. The van der Waals surface area contributed by atoms with Gasteiger partial charge in [0, 0.05) is 25.1 Å². The number of sulfonamides is 1. The minimum absolute atomic E-state index is 0.0125. The highest BCUT2D eigenvalue weighted by Crippen LogP contribution is 2.31. The minimum atomic E-state index is -4.06. The van der Waals surface area contributed by atoms with Gasteiger partial charge < -0.3 is 9.84 Å². The summed E-state index contributed by atoms with van der Waals surface area (Å²) in [5.74, 6) is 0. The summed E-state index contributed by atoms with van der Waals surface area (Å²) in [4.78, 5) is 21.5. The van der Waals surface area contributed by atoms with Gasteiger partial charge in [0.25, 0.3) is 5.69 Å². The molecule has 32 heavy (non-hydrogen) atoms. The van der Waals surface area contributed by atoms with E-state index in [1.165, 1.54) is 24.3 Å². The van der Waals surface area contributed by atoms with Crippen molar-refractivity contribution in [2.45, 2.75) is 24.1 Å². The first-order valence-corrected chi connectivity index (χ1v) is 11.0. The highest BCUT2D eigenvalue weighted by molar-refractivity contribution is 7.89. The molecule has 164 valence electrons. The highest BCUT2D eigenvalue weighted by atomic mass is 32.2. The van der Waals surface area contributed by atoms with Gasteiger partial charge >= 0.3 is 6.16 Å². The van der Waals surface area contributed by atoms with E-state index in [4.69, 9.17) is 9.84 Å². The molecule has 0 fully saturated rings. The quantitative estimate of drug-likeness (QED) is 0.350. The molecule has 10 heteroatoms. The van der Waals surface area contributed by atoms with Crippen LogP contribution in [0.4, 0.5) is 10.5 Å². The predicted octanol–water partition coefficient (Wildman–Crippen LogP) is 4.03. The third kappa shape index (κ3) is 4.18. The summed E-state index contributed by atoms with van der Waals surface area (Å²) in [6.07, 6.45) is -2.62. The first-order chi connectivity index (χ1) is 15.3. The van der Waals surface area contributed by atoms with Crippen LogP contribution < -0.4 is 0 Å². The summed E-state index contributed by atoms with van der Waals surface area (Å²) in [7, 11) is -4.06. The molecule has 1 aliphatic rings. The van der Waals surface area contributed by atoms with Crippen LogP contribution in [-0.2, 0) is 27.7 Å². The Labute approximate surface area is 183 Å². The fraction of sp³-hybridized carbons (Fsp3) is 0.136. The molecule has 0 saturated carbocycles. The normalized spacial score (nSPS) is 16.2. The maximum absolute atomic E-state index is 13.3. The Kier molecular flexibility index (Phi) is 5.64. The number of nitro benzene ring substituents is 1. The van der Waals surface area contributed by atoms with Crippen molar-refractivity contribution < 1.29 is 28.0 Å². The van der Waals surface area contributed by atoms with E-state index in [0.717, 1.165) is 15.4 Å². The molecule has 1 N–H and O–H groups in total. The summed E-state index contributed by atoms with van der Waals surface area (Å²) in [5.41, 5.74) is 2.95. The fourth-order valence-corrected chi connectivity index (χ4v) is 5.14. The van der Waals surface area contributed by atoms with Gasteiger partial charge in [0.15, 0.2) is 6.23 Å². The van der Waals surface area contributed by atoms with E-state index in [-0.39, 0.29) is 23.5 Å². The Morgan fingerprint density at radius 2 is 1.53 bits per heavy atom. The van der Waals surface area contributed by atoms with E-state index in [0.29, 0.717) is 11.1 Å². The van der Waals surface area contributed by atoms with E-state index < -0.39 is 27.3 Å². The number of nitrogens with zero attached hydrogens (tertiary/aromatic N) is 2. The Morgan fingerprint density at radius 3 is 2.09 bits per heavy atom. The summed E-state index contributed by atoms with van der Waals surface area (Å²) < 4.78 is 32.6. The first-order valence-electron chi connectivity index (χ1n) is 9.59. The van der Waals surface area contributed by atoms with Gasteiger partial charge in [-0.1, -0.05) is 36.4 Å². The molecule has 1 atom stereocenters. The van der Waals surface area contributed by atoms with Crippen LogP contribution in [0.15, 0.2) is 77.7 Å². The van der Waals surface area contributed by atoms with Crippen molar-refractivity contribution in [2.24, 2.45) is 0 Å². The van der Waals surface area contributed by atoms with Crippen LogP contribution in [-0.4, -0.2) is 35.1 Å². The average Bonchev–Trinajstić information content (AvgIpc) is 2.78. The zero-order valence-electron chi connectivity index (χ0n) is 16.6. The van der Waals surface area contributed by atoms with Crippen molar-refractivity contribution in [1.29, 1.82) is 0 Å². The lowest BCUT2D eigenvalue weighted by molar-refractivity contribution is -0.384. The SMILES string of the molecule is O=C(O)O[C@@H]1Cc2ccccc2CN1S(=O)(=O)c1ccc(-c2ccc([N+](=O)[O-])cc2)cc1. The molecule has 0 aliphatic carbocycles. The third-order valence-electron chi connectivity index (χ3n) is 5.27. The monoisotopic (exact) mass is 454 g/mol. The van der Waals surface area contributed by atoms with Gasteiger partial charge in [-0.3, -0.25) is 10.1 Å². The van der Waals surface area contributed by atoms with Crippen molar-refractivity contribution in [3.63, 3.8) is 0 Å². The van der Waals surface area contributed by atoms with Crippen LogP contribution in [0.25, 0.3) is 11.1 Å². The largest absolute Gasteiger partial charge is 0.507 e. The van der Waals surface area contributed by atoms with Crippen LogP contribution >= 0.6 is 0 Å². The number of hydrogen-bond donors (Lipinski definition) is 1. The van der Waals surface area contributed by atoms with Gasteiger partial charge in [-0.25, -0.2) is 13.2 Å². The molecule has 0 bridgehead atoms. The zero-order chi connectivity index (χ0) is 22.9. The highest BCUT2D eigenvalue weighted by Gasteiger charge is 2.38. The smallest absolute Gasteiger partial charge is 0.450 e. The van der Waals surface area contributed by atoms with Gasteiger partial charge in [0.1, 0.15) is 0 Å². The molecule has 3 aromatic carbocycles. The van der Waals surface area contributed by atoms with Crippen molar-refractivity contribution >= 4 is 21.9 Å². The summed E-state index contributed by atoms with van der Waals surface area (Å²) in [6, 6.07) is 19.2. The van der Waals surface area contributed by atoms with E-state index >= 15 is 0 Å². The third-order valence-corrected chi connectivity index (χ3v) is 7.12. The van der Waals surface area contributed by atoms with Crippen molar-refractivity contribution in [1.82, 2.24) is 4.31 Å². The average molecular weight is 454 g/mol. The van der Waals surface area contributed by atoms with E-state index in [1.54, 1.807) is 42.5 Å². The van der Waals surface area contributed by atoms with Gasteiger partial charge in [0.2, 0.25) is 10.0 Å². The number of nitro groups is 1. The lowest BCUT2D eigenvalue weighted by Crippen LogP contribution is -2.46. The molecule has 0 amide bonds. The Morgan fingerprint density at radius 1 is 0.969 bits per heavy atom. The Bertz CT molecular complexity index is 1270. The summed E-state index contributed by atoms with van der Waals surface area (Å²) in [5, 5.41) is 19.9. The van der Waals surface area contributed by atoms with Crippen molar-refractivity contribution in [3.8, 4) is 11.1 Å². The number of benzene rings is 3. The van der Waals surface area contributed by atoms with Crippen molar-refractivity contribution in [2.75, 3.05) is 0 Å². The number of hydrogen-bond acceptors (Lipinski definition) is 6. The van der Waals surface area contributed by atoms with Gasteiger partial charge in [-0.15, -0.1) is 0 Å². The molecular weight excluding hydrogens is 436 g/mol. The van der Waals surface area contributed by atoms with Crippen LogP contribution in [0.5, 0.6) is 0 Å². The standard InChI is InChI=1S/C22H18N2O7S/c25-22(26)31-21-13-17-3-1-2-4-18(17)14-23(21)32(29,30)20-11-7-16(8-12-20)15-5-9-19(10-6-15)24(27)28/h1-12,21H,13-14H2,(H,25,26)/t21-/m1/s1. The van der Waals surface area contributed by atoms with Crippen LogP contribution in [0.2, 0.25) is 0 Å². The maximum Gasteiger partial charge on any atom is 0.507 e. The number of carboxylic acid groups (broad SMARTS) is 1. The first kappa shape index (κ1) is 21.5.